The monoisotopic (exact) mass is 373 g/mol. The van der Waals surface area contributed by atoms with Gasteiger partial charge in [-0.2, -0.15) is 0 Å². The van der Waals surface area contributed by atoms with Crippen LogP contribution in [-0.4, -0.2) is 21.6 Å². The van der Waals surface area contributed by atoms with E-state index in [1.165, 1.54) is 6.92 Å². The molecule has 1 unspecified atom stereocenters. The molecule has 1 atom stereocenters. The first kappa shape index (κ1) is 17.6. The van der Waals surface area contributed by atoms with Gasteiger partial charge in [0.25, 0.3) is 0 Å². The predicted octanol–water partition coefficient (Wildman–Crippen LogP) is 2.91. The minimum Gasteiger partial charge on any atom is -0.486 e. The molecular weight excluding hydrogens is 359 g/mol. The van der Waals surface area contributed by atoms with Crippen molar-refractivity contribution in [3.8, 4) is 11.5 Å². The maximum atomic E-state index is 13.8. The van der Waals surface area contributed by atoms with Gasteiger partial charge in [0.15, 0.2) is 29.0 Å². The molecule has 1 aliphatic rings. The summed E-state index contributed by atoms with van der Waals surface area (Å²) < 4.78 is 77.7. The molecule has 0 fully saturated rings. The highest BCUT2D eigenvalue weighted by Gasteiger charge is 2.26. The number of rotatable bonds is 4. The van der Waals surface area contributed by atoms with Crippen molar-refractivity contribution in [3.63, 3.8) is 0 Å². The normalized spacial score (nSPS) is 15.0. The van der Waals surface area contributed by atoms with Crippen molar-refractivity contribution < 1.29 is 31.1 Å². The molecule has 2 aromatic carbocycles. The molecule has 2 aromatic rings. The van der Waals surface area contributed by atoms with E-state index in [0.29, 0.717) is 42.4 Å². The Bertz CT molecular complexity index is 918. The smallest absolute Gasteiger partial charge is 0.244 e. The molecule has 0 aromatic heterocycles. The first-order valence-electron chi connectivity index (χ1n) is 7.35. The molecule has 1 N–H and O–H groups in total. The van der Waals surface area contributed by atoms with Crippen molar-refractivity contribution in [3.05, 3.63) is 53.3 Å². The molecule has 3 rings (SSSR count). The van der Waals surface area contributed by atoms with Crippen LogP contribution in [0.2, 0.25) is 0 Å². The van der Waals surface area contributed by atoms with E-state index >= 15 is 0 Å². The number of nitrogens with one attached hydrogen (secondary N) is 1. The molecule has 0 saturated heterocycles. The summed E-state index contributed by atoms with van der Waals surface area (Å²) in [6.07, 6.45) is 0. The maximum Gasteiger partial charge on any atom is 0.244 e. The van der Waals surface area contributed by atoms with Gasteiger partial charge in [-0.25, -0.2) is 26.3 Å². The number of halogens is 3. The van der Waals surface area contributed by atoms with Crippen LogP contribution in [0.1, 0.15) is 18.5 Å². The lowest BCUT2D eigenvalue weighted by molar-refractivity contribution is 0.171. The average Bonchev–Trinajstić information content (AvgIpc) is 2.58. The van der Waals surface area contributed by atoms with Crippen molar-refractivity contribution in [2.45, 2.75) is 17.9 Å². The summed E-state index contributed by atoms with van der Waals surface area (Å²) in [6, 6.07) is 5.32. The second kappa shape index (κ2) is 6.57. The number of fused-ring (bicyclic) bond motifs is 1. The van der Waals surface area contributed by atoms with E-state index in [1.54, 1.807) is 18.2 Å². The Balaban J connectivity index is 1.87. The quantitative estimate of drug-likeness (QED) is 0.837. The Morgan fingerprint density at radius 3 is 2.40 bits per heavy atom. The average molecular weight is 373 g/mol. The lowest BCUT2D eigenvalue weighted by Gasteiger charge is -2.21. The van der Waals surface area contributed by atoms with Crippen LogP contribution in [0.5, 0.6) is 11.5 Å². The van der Waals surface area contributed by atoms with Gasteiger partial charge in [-0.1, -0.05) is 6.07 Å². The molecule has 25 heavy (non-hydrogen) atoms. The number of hydrogen-bond donors (Lipinski definition) is 1. The van der Waals surface area contributed by atoms with Gasteiger partial charge < -0.3 is 9.47 Å². The van der Waals surface area contributed by atoms with Crippen LogP contribution in [0.4, 0.5) is 13.2 Å². The second-order valence-electron chi connectivity index (χ2n) is 5.42. The minimum absolute atomic E-state index is 0.372. The van der Waals surface area contributed by atoms with E-state index in [-0.39, 0.29) is 0 Å². The highest BCUT2D eigenvalue weighted by molar-refractivity contribution is 7.89. The second-order valence-corrected chi connectivity index (χ2v) is 7.10. The summed E-state index contributed by atoms with van der Waals surface area (Å²) in [4.78, 5) is -0.962. The van der Waals surface area contributed by atoms with Gasteiger partial charge in [0.05, 0.1) is 0 Å². The molecule has 0 radical (unpaired) electrons. The van der Waals surface area contributed by atoms with Crippen LogP contribution in [0.15, 0.2) is 35.2 Å². The summed E-state index contributed by atoms with van der Waals surface area (Å²) in [7, 11) is -4.40. The van der Waals surface area contributed by atoms with Gasteiger partial charge in [0.2, 0.25) is 10.0 Å². The third-order valence-corrected chi connectivity index (χ3v) is 5.25. The van der Waals surface area contributed by atoms with E-state index in [0.717, 1.165) is 0 Å². The molecule has 0 amide bonds. The Morgan fingerprint density at radius 2 is 1.68 bits per heavy atom. The Labute approximate surface area is 142 Å². The number of hydrogen-bond acceptors (Lipinski definition) is 4. The van der Waals surface area contributed by atoms with Gasteiger partial charge >= 0.3 is 0 Å². The van der Waals surface area contributed by atoms with E-state index < -0.39 is 38.4 Å². The van der Waals surface area contributed by atoms with Crippen molar-refractivity contribution in [1.29, 1.82) is 0 Å². The molecule has 0 saturated carbocycles. The molecule has 0 aliphatic carbocycles. The van der Waals surface area contributed by atoms with Crippen LogP contribution >= 0.6 is 0 Å². The van der Waals surface area contributed by atoms with Gasteiger partial charge in [-0.15, -0.1) is 0 Å². The lowest BCUT2D eigenvalue weighted by atomic mass is 10.1. The maximum absolute atomic E-state index is 13.8. The van der Waals surface area contributed by atoms with Crippen LogP contribution in [0.25, 0.3) is 0 Å². The summed E-state index contributed by atoms with van der Waals surface area (Å²) in [5, 5.41) is 0. The predicted molar refractivity (Wildman–Crippen MR) is 82.5 cm³/mol. The zero-order valence-electron chi connectivity index (χ0n) is 13.1. The molecule has 0 bridgehead atoms. The molecule has 1 heterocycles. The van der Waals surface area contributed by atoms with Crippen molar-refractivity contribution in [2.75, 3.05) is 13.2 Å². The number of sulfonamides is 1. The largest absolute Gasteiger partial charge is 0.486 e. The van der Waals surface area contributed by atoms with E-state index in [2.05, 4.69) is 4.72 Å². The topological polar surface area (TPSA) is 64.6 Å². The van der Waals surface area contributed by atoms with E-state index in [9.17, 15) is 21.6 Å². The van der Waals surface area contributed by atoms with Gasteiger partial charge in [0.1, 0.15) is 18.1 Å². The third-order valence-electron chi connectivity index (χ3n) is 3.69. The highest BCUT2D eigenvalue weighted by Crippen LogP contribution is 2.33. The summed E-state index contributed by atoms with van der Waals surface area (Å²) >= 11 is 0. The van der Waals surface area contributed by atoms with Crippen LogP contribution in [0, 0.1) is 17.5 Å². The molecule has 5 nitrogen and oxygen atoms in total. The van der Waals surface area contributed by atoms with E-state index in [4.69, 9.17) is 9.47 Å². The Hall–Kier alpha value is -2.26. The molecule has 9 heteroatoms. The van der Waals surface area contributed by atoms with Crippen molar-refractivity contribution >= 4 is 10.0 Å². The zero-order valence-corrected chi connectivity index (χ0v) is 13.9. The fourth-order valence-corrected chi connectivity index (χ4v) is 3.71. The van der Waals surface area contributed by atoms with Crippen LogP contribution < -0.4 is 14.2 Å². The molecule has 134 valence electrons. The lowest BCUT2D eigenvalue weighted by Crippen LogP contribution is -2.28. The first-order chi connectivity index (χ1) is 11.8. The van der Waals surface area contributed by atoms with Crippen LogP contribution in [0.3, 0.4) is 0 Å². The summed E-state index contributed by atoms with van der Waals surface area (Å²) in [5.41, 5.74) is 0.538. The zero-order chi connectivity index (χ0) is 18.2. The number of benzene rings is 2. The fourth-order valence-electron chi connectivity index (χ4n) is 2.41. The standard InChI is InChI=1S/C16H14F3NO4S/c1-9(10-2-4-12-13(8-10)24-7-6-23-12)20-25(21,22)14-5-3-11(17)15(18)16(14)19/h2-5,8-9,20H,6-7H2,1H3. The minimum atomic E-state index is -4.40. The molecule has 1 aliphatic heterocycles. The number of ether oxygens (including phenoxy) is 2. The van der Waals surface area contributed by atoms with Crippen LogP contribution in [-0.2, 0) is 10.0 Å². The van der Waals surface area contributed by atoms with E-state index in [1.807, 2.05) is 0 Å². The first-order valence-corrected chi connectivity index (χ1v) is 8.83. The Morgan fingerprint density at radius 1 is 1.00 bits per heavy atom. The van der Waals surface area contributed by atoms with Gasteiger partial charge in [-0.05, 0) is 36.8 Å². The molecule has 0 spiro atoms. The SMILES string of the molecule is CC(NS(=O)(=O)c1ccc(F)c(F)c1F)c1ccc2c(c1)OCCO2. The highest BCUT2D eigenvalue weighted by atomic mass is 32.2. The third kappa shape index (κ3) is 3.42. The van der Waals surface area contributed by atoms with Crippen molar-refractivity contribution in [2.24, 2.45) is 0 Å². The van der Waals surface area contributed by atoms with Crippen molar-refractivity contribution in [1.82, 2.24) is 4.72 Å². The van der Waals surface area contributed by atoms with Gasteiger partial charge in [0, 0.05) is 6.04 Å². The fraction of sp³-hybridized carbons (Fsp3) is 0.250. The summed E-state index contributed by atoms with van der Waals surface area (Å²) in [6.45, 7) is 2.32. The Kier molecular flexibility index (Phi) is 4.61. The molecular formula is C16H14F3NO4S. The summed E-state index contributed by atoms with van der Waals surface area (Å²) in [5.74, 6) is -4.06. The van der Waals surface area contributed by atoms with Gasteiger partial charge in [-0.3, -0.25) is 0 Å².